The number of allylic oxidation sites excluding steroid dienone is 1. The van der Waals surface area contributed by atoms with Gasteiger partial charge in [0.05, 0.1) is 37.8 Å². The van der Waals surface area contributed by atoms with Crippen molar-refractivity contribution in [2.45, 2.75) is 13.3 Å². The summed E-state index contributed by atoms with van der Waals surface area (Å²) in [6.45, 7) is 1.85. The van der Waals surface area contributed by atoms with Crippen molar-refractivity contribution in [3.05, 3.63) is 49.3 Å². The summed E-state index contributed by atoms with van der Waals surface area (Å²) in [5, 5.41) is 34.3. The first-order chi connectivity index (χ1) is 17.8. The van der Waals surface area contributed by atoms with E-state index >= 15 is 0 Å². The minimum atomic E-state index is -0.515. The maximum absolute atomic E-state index is 13.8. The highest BCUT2D eigenvalue weighted by atomic mass is 16.5. The molecule has 0 aromatic heterocycles. The van der Waals surface area contributed by atoms with Crippen LogP contribution in [0.2, 0.25) is 0 Å². The van der Waals surface area contributed by atoms with E-state index in [0.717, 1.165) is 5.57 Å². The van der Waals surface area contributed by atoms with E-state index in [0.29, 0.717) is 55.6 Å². The number of rotatable bonds is 5. The highest BCUT2D eigenvalue weighted by Gasteiger charge is 2.32. The molecule has 1 aliphatic carbocycles. The number of benzene rings is 5. The molecule has 0 fully saturated rings. The second-order valence-corrected chi connectivity index (χ2v) is 9.07. The second kappa shape index (κ2) is 7.73. The summed E-state index contributed by atoms with van der Waals surface area (Å²) in [6.07, 6.45) is 2.10. The Hall–Kier alpha value is -4.54. The van der Waals surface area contributed by atoms with Gasteiger partial charge in [-0.2, -0.15) is 0 Å². The zero-order valence-corrected chi connectivity index (χ0v) is 20.3. The van der Waals surface area contributed by atoms with Crippen LogP contribution in [0.5, 0.6) is 23.0 Å². The van der Waals surface area contributed by atoms with Gasteiger partial charge in [-0.1, -0.05) is 11.6 Å². The van der Waals surface area contributed by atoms with Crippen LogP contribution < -0.4 is 36.0 Å². The van der Waals surface area contributed by atoms with Gasteiger partial charge >= 0.3 is 0 Å². The number of nitrogens with one attached hydrogen (secondary N) is 2. The van der Waals surface area contributed by atoms with Gasteiger partial charge in [0.25, 0.3) is 0 Å². The van der Waals surface area contributed by atoms with Crippen LogP contribution in [-0.2, 0) is 6.42 Å². The van der Waals surface area contributed by atoms with Gasteiger partial charge in [-0.15, -0.1) is 0 Å². The van der Waals surface area contributed by atoms with Gasteiger partial charge in [0.2, 0.25) is 5.43 Å². The van der Waals surface area contributed by atoms with Crippen molar-refractivity contribution < 1.29 is 29.7 Å². The summed E-state index contributed by atoms with van der Waals surface area (Å²) in [4.78, 5) is 27.2. The molecule has 1 aliphatic rings. The maximum Gasteiger partial charge on any atom is 0.230 e. The second-order valence-electron chi connectivity index (χ2n) is 9.07. The predicted molar refractivity (Wildman–Crippen MR) is 141 cm³/mol. The normalized spacial score (nSPS) is 13.0. The molecule has 0 unspecified atom stereocenters. The van der Waals surface area contributed by atoms with Crippen molar-refractivity contribution in [1.29, 1.82) is 0 Å². The van der Waals surface area contributed by atoms with E-state index < -0.39 is 16.6 Å². The van der Waals surface area contributed by atoms with Crippen molar-refractivity contribution >= 4 is 60.5 Å². The third-order valence-electron chi connectivity index (χ3n) is 7.29. The Kier molecular flexibility index (Phi) is 4.78. The van der Waals surface area contributed by atoms with E-state index in [1.807, 2.05) is 6.92 Å². The van der Waals surface area contributed by atoms with Gasteiger partial charge in [0.15, 0.2) is 16.9 Å². The summed E-state index contributed by atoms with van der Waals surface area (Å²) in [6, 6.07) is 2.73. The molecule has 37 heavy (non-hydrogen) atoms. The summed E-state index contributed by atoms with van der Waals surface area (Å²) in [5.74, 6) is 0.189. The largest absolute Gasteiger partial charge is 0.505 e. The SMILES string of the molecule is COc1c2c3c4c(c(NO)c(O)c5c(=O)cc(OC)c(c6c(OC)cc(NO)c(c1=O)c63)c54)C=C(C)C2. The molecule has 0 spiro atoms. The minimum Gasteiger partial charge on any atom is -0.505 e. The van der Waals surface area contributed by atoms with E-state index in [2.05, 4.69) is 11.0 Å². The van der Waals surface area contributed by atoms with Crippen molar-refractivity contribution in [3.8, 4) is 23.0 Å². The molecule has 0 amide bonds. The van der Waals surface area contributed by atoms with E-state index in [9.17, 15) is 25.1 Å². The number of phenols is 1. The number of hydrogen-bond donors (Lipinski definition) is 5. The van der Waals surface area contributed by atoms with Gasteiger partial charge in [-0.25, -0.2) is 0 Å². The fraction of sp³-hybridized carbons (Fsp3) is 0.185. The molecular formula is C27H22N2O8. The maximum atomic E-state index is 13.8. The predicted octanol–water partition coefficient (Wildman–Crippen LogP) is 4.19. The Labute approximate surface area is 208 Å². The van der Waals surface area contributed by atoms with Gasteiger partial charge in [-0.3, -0.25) is 31.0 Å². The highest BCUT2D eigenvalue weighted by molar-refractivity contribution is 6.40. The standard InChI is InChI=1S/C27H22N2O8/c1-9-5-10-16-17-11(6-9)27(37-4)26(32)18-12(28-33)7-14(35-2)20(22(17)18)21-15(36-3)8-13(30)19(23(16)21)25(31)24(10)29-34/h5,7-8,28-29,31,33-34H,6H2,1-4H3. The molecule has 0 radical (unpaired) electrons. The molecule has 5 aromatic carbocycles. The molecule has 0 bridgehead atoms. The molecule has 0 saturated carbocycles. The smallest absolute Gasteiger partial charge is 0.230 e. The molecular weight excluding hydrogens is 480 g/mol. The lowest BCUT2D eigenvalue weighted by Gasteiger charge is -2.23. The van der Waals surface area contributed by atoms with Crippen molar-refractivity contribution in [2.24, 2.45) is 0 Å². The quantitative estimate of drug-likeness (QED) is 0.103. The summed E-state index contributed by atoms with van der Waals surface area (Å²) < 4.78 is 17.0. The van der Waals surface area contributed by atoms with Gasteiger partial charge in [0.1, 0.15) is 17.2 Å². The van der Waals surface area contributed by atoms with Crippen LogP contribution in [0, 0.1) is 0 Å². The zero-order chi connectivity index (χ0) is 26.3. The van der Waals surface area contributed by atoms with Crippen LogP contribution in [0.25, 0.3) is 49.2 Å². The lowest BCUT2D eigenvalue weighted by Crippen LogP contribution is -2.14. The fourth-order valence-corrected chi connectivity index (χ4v) is 5.95. The van der Waals surface area contributed by atoms with Crippen molar-refractivity contribution in [2.75, 3.05) is 32.3 Å². The molecule has 0 heterocycles. The van der Waals surface area contributed by atoms with Gasteiger partial charge < -0.3 is 19.3 Å². The molecule has 0 saturated heterocycles. The van der Waals surface area contributed by atoms with Crippen LogP contribution in [0.15, 0.2) is 27.3 Å². The molecule has 5 aromatic rings. The van der Waals surface area contributed by atoms with E-state index in [4.69, 9.17) is 14.2 Å². The summed E-state index contributed by atoms with van der Waals surface area (Å²) >= 11 is 0. The van der Waals surface area contributed by atoms with E-state index in [1.165, 1.54) is 33.5 Å². The van der Waals surface area contributed by atoms with Crippen molar-refractivity contribution in [3.63, 3.8) is 0 Å². The Morgan fingerprint density at radius 1 is 0.784 bits per heavy atom. The van der Waals surface area contributed by atoms with Crippen LogP contribution >= 0.6 is 0 Å². The summed E-state index contributed by atoms with van der Waals surface area (Å²) in [7, 11) is 4.27. The number of fused-ring (bicyclic) bond motifs is 1. The summed E-state index contributed by atoms with van der Waals surface area (Å²) in [5.41, 5.74) is 5.09. The third-order valence-corrected chi connectivity index (χ3v) is 7.29. The first-order valence-electron chi connectivity index (χ1n) is 11.4. The number of ether oxygens (including phenoxy) is 3. The molecule has 0 aliphatic heterocycles. The fourth-order valence-electron chi connectivity index (χ4n) is 5.95. The van der Waals surface area contributed by atoms with E-state index in [-0.39, 0.29) is 33.6 Å². The molecule has 10 heteroatoms. The van der Waals surface area contributed by atoms with Crippen LogP contribution in [0.1, 0.15) is 18.1 Å². The lowest BCUT2D eigenvalue weighted by atomic mass is 9.83. The number of methoxy groups -OCH3 is 3. The molecule has 6 rings (SSSR count). The monoisotopic (exact) mass is 502 g/mol. The highest BCUT2D eigenvalue weighted by Crippen LogP contribution is 2.54. The zero-order valence-electron chi connectivity index (χ0n) is 20.3. The first-order valence-corrected chi connectivity index (χ1v) is 11.4. The number of aromatic hydroxyl groups is 1. The Morgan fingerprint density at radius 2 is 1.43 bits per heavy atom. The number of anilines is 2. The first kappa shape index (κ1) is 22.9. The molecule has 10 nitrogen and oxygen atoms in total. The van der Waals surface area contributed by atoms with E-state index in [1.54, 1.807) is 6.08 Å². The number of phenolic OH excluding ortho intramolecular Hbond substituents is 1. The van der Waals surface area contributed by atoms with Gasteiger partial charge in [-0.05, 0) is 18.7 Å². The number of hydrogen-bond acceptors (Lipinski definition) is 10. The lowest BCUT2D eigenvalue weighted by molar-refractivity contribution is 0.382. The Balaban J connectivity index is 2.19. The van der Waals surface area contributed by atoms with Crippen LogP contribution in [0.4, 0.5) is 11.4 Å². The van der Waals surface area contributed by atoms with Crippen molar-refractivity contribution in [1.82, 2.24) is 0 Å². The topological polar surface area (TPSA) is 147 Å². The third kappa shape index (κ3) is 2.65. The van der Waals surface area contributed by atoms with Crippen LogP contribution in [0.3, 0.4) is 0 Å². The molecule has 0 atom stereocenters. The minimum absolute atomic E-state index is 0.0274. The van der Waals surface area contributed by atoms with Crippen LogP contribution in [-0.4, -0.2) is 36.9 Å². The Morgan fingerprint density at radius 3 is 2.03 bits per heavy atom. The average Bonchev–Trinajstić information content (AvgIpc) is 3.04. The molecule has 188 valence electrons. The Bertz CT molecular complexity index is 1950. The average molecular weight is 502 g/mol. The molecule has 5 N–H and O–H groups in total. The van der Waals surface area contributed by atoms with Gasteiger partial charge in [0, 0.05) is 50.2 Å².